The summed E-state index contributed by atoms with van der Waals surface area (Å²) in [4.78, 5) is 15.7. The molecular formula is C15H20N2O4S. The first-order valence-corrected chi connectivity index (χ1v) is 9.04. The van der Waals surface area contributed by atoms with Crippen LogP contribution in [0.15, 0.2) is 23.2 Å². The molecule has 6 nitrogen and oxygen atoms in total. The number of aromatic nitrogens is 1. The zero-order chi connectivity index (χ0) is 15.9. The summed E-state index contributed by atoms with van der Waals surface area (Å²) in [5.41, 5.74) is 0.727. The van der Waals surface area contributed by atoms with Crippen molar-refractivity contribution >= 4 is 16.0 Å². The molecule has 2 fully saturated rings. The van der Waals surface area contributed by atoms with Crippen LogP contribution in [0.1, 0.15) is 37.8 Å². The van der Waals surface area contributed by atoms with Crippen LogP contribution in [-0.2, 0) is 14.8 Å². The molecule has 1 aliphatic heterocycles. The molecule has 7 heteroatoms. The average Bonchev–Trinajstić information content (AvgIpc) is 2.88. The van der Waals surface area contributed by atoms with E-state index in [-0.39, 0.29) is 16.9 Å². The van der Waals surface area contributed by atoms with Gasteiger partial charge in [0, 0.05) is 17.9 Å². The second kappa shape index (κ2) is 5.62. The SMILES string of the molecule is Cc1ccc(S(=O)(=O)N2C(C(=O)O)CC3CCCCC32)cn1. The number of carboxylic acid groups (broad SMARTS) is 1. The molecule has 1 saturated heterocycles. The highest BCUT2D eigenvalue weighted by molar-refractivity contribution is 7.89. The van der Waals surface area contributed by atoms with E-state index in [0.717, 1.165) is 31.4 Å². The van der Waals surface area contributed by atoms with Gasteiger partial charge in [-0.25, -0.2) is 8.42 Å². The molecule has 22 heavy (non-hydrogen) atoms. The normalized spacial score (nSPS) is 29.2. The fourth-order valence-corrected chi connectivity index (χ4v) is 5.52. The van der Waals surface area contributed by atoms with E-state index in [0.29, 0.717) is 6.42 Å². The summed E-state index contributed by atoms with van der Waals surface area (Å²) in [5.74, 6) is -0.902. The van der Waals surface area contributed by atoms with Gasteiger partial charge < -0.3 is 5.11 Å². The van der Waals surface area contributed by atoms with Gasteiger partial charge in [0.05, 0.1) is 0 Å². The minimum Gasteiger partial charge on any atom is -0.480 e. The van der Waals surface area contributed by atoms with Crippen molar-refractivity contribution in [3.63, 3.8) is 0 Å². The lowest BCUT2D eigenvalue weighted by Gasteiger charge is -2.32. The molecule has 1 N–H and O–H groups in total. The third-order valence-electron chi connectivity index (χ3n) is 4.77. The Morgan fingerprint density at radius 2 is 2.05 bits per heavy atom. The molecule has 3 unspecified atom stereocenters. The molecule has 0 aromatic carbocycles. The number of fused-ring (bicyclic) bond motifs is 1. The van der Waals surface area contributed by atoms with Crippen molar-refractivity contribution in [2.24, 2.45) is 5.92 Å². The predicted molar refractivity (Wildman–Crippen MR) is 79.8 cm³/mol. The molecule has 1 aromatic heterocycles. The lowest BCUT2D eigenvalue weighted by Crippen LogP contribution is -2.46. The van der Waals surface area contributed by atoms with Gasteiger partial charge in [0.2, 0.25) is 10.0 Å². The first-order chi connectivity index (χ1) is 10.4. The number of pyridine rings is 1. The van der Waals surface area contributed by atoms with Crippen molar-refractivity contribution in [1.29, 1.82) is 0 Å². The highest BCUT2D eigenvalue weighted by Gasteiger charge is 2.51. The Kier molecular flexibility index (Phi) is 3.94. The lowest BCUT2D eigenvalue weighted by molar-refractivity contribution is -0.141. The van der Waals surface area contributed by atoms with Gasteiger partial charge >= 0.3 is 5.97 Å². The summed E-state index contributed by atoms with van der Waals surface area (Å²) >= 11 is 0. The zero-order valence-electron chi connectivity index (χ0n) is 12.5. The molecule has 2 heterocycles. The number of carbonyl (C=O) groups is 1. The Labute approximate surface area is 130 Å². The highest BCUT2D eigenvalue weighted by Crippen LogP contribution is 2.42. The number of nitrogens with zero attached hydrogens (tertiary/aromatic N) is 2. The molecule has 3 rings (SSSR count). The van der Waals surface area contributed by atoms with Crippen molar-refractivity contribution in [2.75, 3.05) is 0 Å². The van der Waals surface area contributed by atoms with E-state index in [4.69, 9.17) is 0 Å². The molecular weight excluding hydrogens is 304 g/mol. The van der Waals surface area contributed by atoms with Crippen LogP contribution in [-0.4, -0.2) is 40.9 Å². The Morgan fingerprint density at radius 3 is 2.68 bits per heavy atom. The maximum atomic E-state index is 12.9. The van der Waals surface area contributed by atoms with Crippen molar-refractivity contribution in [3.05, 3.63) is 24.0 Å². The molecule has 0 spiro atoms. The standard InChI is InChI=1S/C15H20N2O4S/c1-10-6-7-12(9-16-10)22(20,21)17-13-5-3-2-4-11(13)8-14(17)15(18)19/h6-7,9,11,13-14H,2-5,8H2,1H3,(H,18,19). The number of hydrogen-bond acceptors (Lipinski definition) is 4. The van der Waals surface area contributed by atoms with Gasteiger partial charge in [-0.3, -0.25) is 9.78 Å². The largest absolute Gasteiger partial charge is 0.480 e. The van der Waals surface area contributed by atoms with Gasteiger partial charge in [-0.1, -0.05) is 12.8 Å². The van der Waals surface area contributed by atoms with Gasteiger partial charge in [-0.15, -0.1) is 0 Å². The van der Waals surface area contributed by atoms with Crippen LogP contribution in [0.3, 0.4) is 0 Å². The summed E-state index contributed by atoms with van der Waals surface area (Å²) in [5, 5.41) is 9.46. The van der Waals surface area contributed by atoms with Gasteiger partial charge in [0.1, 0.15) is 10.9 Å². The van der Waals surface area contributed by atoms with Crippen LogP contribution in [0.5, 0.6) is 0 Å². The van der Waals surface area contributed by atoms with Crippen LogP contribution in [0, 0.1) is 12.8 Å². The van der Waals surface area contributed by atoms with Crippen molar-refractivity contribution in [2.45, 2.75) is 56.0 Å². The first kappa shape index (κ1) is 15.4. The summed E-state index contributed by atoms with van der Waals surface area (Å²) in [6.45, 7) is 1.78. The van der Waals surface area contributed by atoms with Gasteiger partial charge in [0.25, 0.3) is 0 Å². The number of sulfonamides is 1. The second-order valence-corrected chi connectivity index (χ2v) is 8.02. The third-order valence-corrected chi connectivity index (χ3v) is 6.69. The third kappa shape index (κ3) is 2.52. The van der Waals surface area contributed by atoms with E-state index < -0.39 is 22.0 Å². The monoisotopic (exact) mass is 324 g/mol. The van der Waals surface area contributed by atoms with Gasteiger partial charge in [0.15, 0.2) is 0 Å². The van der Waals surface area contributed by atoms with Crippen LogP contribution >= 0.6 is 0 Å². The van der Waals surface area contributed by atoms with Crippen LogP contribution in [0.4, 0.5) is 0 Å². The first-order valence-electron chi connectivity index (χ1n) is 7.60. The van der Waals surface area contributed by atoms with Crippen LogP contribution in [0.25, 0.3) is 0 Å². The molecule has 3 atom stereocenters. The van der Waals surface area contributed by atoms with Crippen LogP contribution < -0.4 is 0 Å². The molecule has 1 aliphatic carbocycles. The maximum Gasteiger partial charge on any atom is 0.322 e. The molecule has 1 saturated carbocycles. The molecule has 0 amide bonds. The summed E-state index contributed by atoms with van der Waals surface area (Å²) in [7, 11) is -3.83. The summed E-state index contributed by atoms with van der Waals surface area (Å²) in [6.07, 6.45) is 5.39. The number of hydrogen-bond donors (Lipinski definition) is 1. The van der Waals surface area contributed by atoms with E-state index in [2.05, 4.69) is 4.98 Å². The van der Waals surface area contributed by atoms with Gasteiger partial charge in [-0.2, -0.15) is 4.31 Å². The van der Waals surface area contributed by atoms with Crippen molar-refractivity contribution in [3.8, 4) is 0 Å². The number of aliphatic carboxylic acids is 1. The predicted octanol–water partition coefficient (Wildman–Crippen LogP) is 1.80. The van der Waals surface area contributed by atoms with Crippen LogP contribution in [0.2, 0.25) is 0 Å². The Balaban J connectivity index is 2.01. The summed E-state index contributed by atoms with van der Waals surface area (Å²) < 4.78 is 27.1. The molecule has 2 aliphatic rings. The zero-order valence-corrected chi connectivity index (χ0v) is 13.3. The maximum absolute atomic E-state index is 12.9. The van der Waals surface area contributed by atoms with Crippen molar-refractivity contribution < 1.29 is 18.3 Å². The molecule has 120 valence electrons. The Hall–Kier alpha value is -1.47. The topological polar surface area (TPSA) is 87.6 Å². The van der Waals surface area contributed by atoms with Crippen molar-refractivity contribution in [1.82, 2.24) is 9.29 Å². The summed E-state index contributed by atoms with van der Waals surface area (Å²) in [6, 6.07) is 1.99. The quantitative estimate of drug-likeness (QED) is 0.916. The lowest BCUT2D eigenvalue weighted by atomic mass is 9.85. The molecule has 0 radical (unpaired) electrons. The number of aryl methyl sites for hydroxylation is 1. The Bertz CT molecular complexity index is 671. The number of carboxylic acids is 1. The van der Waals surface area contributed by atoms with E-state index in [1.807, 2.05) is 0 Å². The minimum atomic E-state index is -3.83. The van der Waals surface area contributed by atoms with E-state index in [9.17, 15) is 18.3 Å². The van der Waals surface area contributed by atoms with E-state index in [1.165, 1.54) is 16.6 Å². The number of rotatable bonds is 3. The molecule has 0 bridgehead atoms. The fraction of sp³-hybridized carbons (Fsp3) is 0.600. The smallest absolute Gasteiger partial charge is 0.322 e. The van der Waals surface area contributed by atoms with E-state index >= 15 is 0 Å². The average molecular weight is 324 g/mol. The second-order valence-electron chi connectivity index (χ2n) is 6.17. The highest BCUT2D eigenvalue weighted by atomic mass is 32.2. The Morgan fingerprint density at radius 1 is 1.32 bits per heavy atom. The minimum absolute atomic E-state index is 0.0792. The molecule has 1 aromatic rings. The van der Waals surface area contributed by atoms with Gasteiger partial charge in [-0.05, 0) is 44.2 Å². The van der Waals surface area contributed by atoms with E-state index in [1.54, 1.807) is 13.0 Å². The fourth-order valence-electron chi connectivity index (χ4n) is 3.70.